The highest BCUT2D eigenvalue weighted by molar-refractivity contribution is 8.76. The van der Waals surface area contributed by atoms with Crippen molar-refractivity contribution >= 4 is 27.6 Å². The maximum Gasteiger partial charge on any atom is 0.323 e. The van der Waals surface area contributed by atoms with Crippen LogP contribution in [0.25, 0.3) is 0 Å². The Hall–Kier alpha value is -0.0900. The fourth-order valence-electron chi connectivity index (χ4n) is 0.395. The van der Waals surface area contributed by atoms with Crippen molar-refractivity contribution in [2.24, 2.45) is 0 Å². The van der Waals surface area contributed by atoms with Gasteiger partial charge < -0.3 is 4.74 Å². The number of carbonyl (C=O) groups is 1. The molecule has 0 amide bonds. The minimum Gasteiger partial charge on any atom is -0.468 e. The molecule has 0 spiro atoms. The maximum absolute atomic E-state index is 10.8. The minimum absolute atomic E-state index is 0.236. The van der Waals surface area contributed by atoms with E-state index >= 15 is 0 Å². The summed E-state index contributed by atoms with van der Waals surface area (Å²) in [6.45, 7) is 3.51. The smallest absolute Gasteiger partial charge is 0.323 e. The molecule has 0 aliphatic heterocycles. The van der Waals surface area contributed by atoms with Gasteiger partial charge in [-0.15, -0.1) is 6.58 Å². The highest BCUT2D eigenvalue weighted by Crippen LogP contribution is 2.24. The standard InChI is InChI=1S/C6H10O2S2/c1-4-5(10-9-3)6(7)8-2/h4-5H,1H2,2-3H3. The Morgan fingerprint density at radius 1 is 1.80 bits per heavy atom. The molecule has 0 aliphatic carbocycles. The number of esters is 1. The van der Waals surface area contributed by atoms with Crippen molar-refractivity contribution in [2.45, 2.75) is 5.25 Å². The zero-order valence-electron chi connectivity index (χ0n) is 5.99. The van der Waals surface area contributed by atoms with Crippen molar-refractivity contribution in [2.75, 3.05) is 13.4 Å². The molecule has 0 heterocycles. The molecule has 0 aromatic carbocycles. The maximum atomic E-state index is 10.8. The predicted molar refractivity (Wildman–Crippen MR) is 47.1 cm³/mol. The molecule has 1 unspecified atom stereocenters. The second-order valence-electron chi connectivity index (χ2n) is 1.44. The molecule has 0 bridgehead atoms. The van der Waals surface area contributed by atoms with Crippen molar-refractivity contribution in [1.82, 2.24) is 0 Å². The summed E-state index contributed by atoms with van der Waals surface area (Å²) in [6, 6.07) is 0. The lowest BCUT2D eigenvalue weighted by atomic mass is 10.4. The third kappa shape index (κ3) is 3.17. The van der Waals surface area contributed by atoms with Crippen LogP contribution >= 0.6 is 21.6 Å². The first kappa shape index (κ1) is 9.91. The molecular formula is C6H10O2S2. The van der Waals surface area contributed by atoms with Gasteiger partial charge in [-0.1, -0.05) is 27.7 Å². The molecule has 0 N–H and O–H groups in total. The third-order valence-corrected chi connectivity index (χ3v) is 2.83. The fourth-order valence-corrected chi connectivity index (χ4v) is 1.95. The van der Waals surface area contributed by atoms with Crippen molar-refractivity contribution in [3.63, 3.8) is 0 Å². The van der Waals surface area contributed by atoms with E-state index in [4.69, 9.17) is 0 Å². The van der Waals surface area contributed by atoms with Gasteiger partial charge in [0.15, 0.2) is 0 Å². The summed E-state index contributed by atoms with van der Waals surface area (Å²) >= 11 is 0. The molecule has 2 nitrogen and oxygen atoms in total. The average molecular weight is 178 g/mol. The average Bonchev–Trinajstić information content (AvgIpc) is 1.99. The van der Waals surface area contributed by atoms with Gasteiger partial charge in [-0.05, 0) is 6.26 Å². The summed E-state index contributed by atoms with van der Waals surface area (Å²) in [6.07, 6.45) is 3.48. The van der Waals surface area contributed by atoms with E-state index in [1.54, 1.807) is 6.08 Å². The Balaban J connectivity index is 3.80. The van der Waals surface area contributed by atoms with Gasteiger partial charge in [0, 0.05) is 0 Å². The predicted octanol–water partition coefficient (Wildman–Crippen LogP) is 1.73. The molecule has 0 saturated carbocycles. The summed E-state index contributed by atoms with van der Waals surface area (Å²) in [4.78, 5) is 10.8. The zero-order valence-corrected chi connectivity index (χ0v) is 7.63. The summed E-state index contributed by atoms with van der Waals surface area (Å²) in [5.74, 6) is -0.241. The highest BCUT2D eigenvalue weighted by Gasteiger charge is 2.14. The molecule has 0 aliphatic rings. The van der Waals surface area contributed by atoms with E-state index in [9.17, 15) is 4.79 Å². The molecule has 1 atom stereocenters. The molecule has 0 rings (SSSR count). The molecule has 10 heavy (non-hydrogen) atoms. The van der Waals surface area contributed by atoms with E-state index in [0.717, 1.165) is 0 Å². The van der Waals surface area contributed by atoms with E-state index < -0.39 is 0 Å². The molecule has 0 saturated heterocycles. The van der Waals surface area contributed by atoms with Gasteiger partial charge in [0.05, 0.1) is 7.11 Å². The first-order chi connectivity index (χ1) is 4.76. The first-order valence-electron chi connectivity index (χ1n) is 2.66. The van der Waals surface area contributed by atoms with Crippen molar-refractivity contribution < 1.29 is 9.53 Å². The third-order valence-electron chi connectivity index (χ3n) is 0.847. The number of carbonyl (C=O) groups excluding carboxylic acids is 1. The largest absolute Gasteiger partial charge is 0.468 e. The molecule has 0 aromatic heterocycles. The number of methoxy groups -OCH3 is 1. The van der Waals surface area contributed by atoms with E-state index in [1.807, 2.05) is 6.26 Å². The van der Waals surface area contributed by atoms with Gasteiger partial charge in [-0.25, -0.2) is 0 Å². The first-order valence-corrected chi connectivity index (χ1v) is 5.28. The van der Waals surface area contributed by atoms with E-state index in [2.05, 4.69) is 11.3 Å². The van der Waals surface area contributed by atoms with Crippen LogP contribution in [-0.4, -0.2) is 24.6 Å². The Morgan fingerprint density at radius 3 is 2.70 bits per heavy atom. The Morgan fingerprint density at radius 2 is 2.40 bits per heavy atom. The second-order valence-corrected chi connectivity index (χ2v) is 4.05. The Kier molecular flexibility index (Phi) is 5.63. The zero-order chi connectivity index (χ0) is 7.98. The summed E-state index contributed by atoms with van der Waals surface area (Å²) < 4.78 is 4.51. The molecule has 0 fully saturated rings. The summed E-state index contributed by atoms with van der Waals surface area (Å²) in [5.41, 5.74) is 0. The van der Waals surface area contributed by atoms with Crippen LogP contribution in [0.15, 0.2) is 12.7 Å². The summed E-state index contributed by atoms with van der Waals surface area (Å²) in [5, 5.41) is -0.236. The van der Waals surface area contributed by atoms with E-state index in [-0.39, 0.29) is 11.2 Å². The van der Waals surface area contributed by atoms with Crippen LogP contribution in [0, 0.1) is 0 Å². The van der Waals surface area contributed by atoms with Crippen LogP contribution in [0.2, 0.25) is 0 Å². The Bertz CT molecular complexity index is 125. The normalized spacial score (nSPS) is 12.2. The number of hydrogen-bond donors (Lipinski definition) is 0. The van der Waals surface area contributed by atoms with Crippen LogP contribution in [0.3, 0.4) is 0 Å². The molecule has 0 radical (unpaired) electrons. The van der Waals surface area contributed by atoms with Crippen LogP contribution in [0.1, 0.15) is 0 Å². The lowest BCUT2D eigenvalue weighted by molar-refractivity contribution is -0.138. The van der Waals surface area contributed by atoms with Gasteiger partial charge >= 0.3 is 5.97 Å². The summed E-state index contributed by atoms with van der Waals surface area (Å²) in [7, 11) is 4.33. The van der Waals surface area contributed by atoms with Crippen LogP contribution in [-0.2, 0) is 9.53 Å². The van der Waals surface area contributed by atoms with Gasteiger partial charge in [0.1, 0.15) is 5.25 Å². The molecule has 58 valence electrons. The fraction of sp³-hybridized carbons (Fsp3) is 0.500. The van der Waals surface area contributed by atoms with Crippen molar-refractivity contribution in [3.05, 3.63) is 12.7 Å². The SMILES string of the molecule is C=CC(SSC)C(=O)OC. The van der Waals surface area contributed by atoms with Gasteiger partial charge in [0.25, 0.3) is 0 Å². The monoisotopic (exact) mass is 178 g/mol. The van der Waals surface area contributed by atoms with E-state index in [1.165, 1.54) is 28.7 Å². The number of ether oxygens (including phenoxy) is 1. The highest BCUT2D eigenvalue weighted by atomic mass is 33.1. The molecule has 0 aromatic rings. The van der Waals surface area contributed by atoms with Gasteiger partial charge in [-0.3, -0.25) is 4.79 Å². The topological polar surface area (TPSA) is 26.3 Å². The number of rotatable bonds is 4. The molecule has 4 heteroatoms. The van der Waals surface area contributed by atoms with E-state index in [0.29, 0.717) is 0 Å². The van der Waals surface area contributed by atoms with Crippen molar-refractivity contribution in [3.8, 4) is 0 Å². The lowest BCUT2D eigenvalue weighted by Crippen LogP contribution is -2.14. The second kappa shape index (κ2) is 5.68. The Labute approximate surface area is 68.8 Å². The van der Waals surface area contributed by atoms with Crippen molar-refractivity contribution in [1.29, 1.82) is 0 Å². The van der Waals surface area contributed by atoms with Crippen LogP contribution in [0.5, 0.6) is 0 Å². The molecular weight excluding hydrogens is 168 g/mol. The minimum atomic E-state index is -0.241. The quantitative estimate of drug-likeness (QED) is 0.372. The lowest BCUT2D eigenvalue weighted by Gasteiger charge is -2.05. The van der Waals surface area contributed by atoms with Crippen LogP contribution in [0.4, 0.5) is 0 Å². The van der Waals surface area contributed by atoms with Gasteiger partial charge in [0.2, 0.25) is 0 Å². The van der Waals surface area contributed by atoms with Crippen LogP contribution < -0.4 is 0 Å². The number of hydrogen-bond acceptors (Lipinski definition) is 4. The van der Waals surface area contributed by atoms with Gasteiger partial charge in [-0.2, -0.15) is 0 Å².